The lowest BCUT2D eigenvalue weighted by molar-refractivity contribution is 0.468. The van der Waals surface area contributed by atoms with Crippen molar-refractivity contribution in [1.29, 1.82) is 5.26 Å². The van der Waals surface area contributed by atoms with Gasteiger partial charge in [-0.05, 0) is 18.6 Å². The van der Waals surface area contributed by atoms with Crippen LogP contribution in [0.1, 0.15) is 17.2 Å². The lowest BCUT2D eigenvalue weighted by atomic mass is 10.0. The van der Waals surface area contributed by atoms with Crippen molar-refractivity contribution in [2.24, 2.45) is 5.73 Å². The molecule has 1 aromatic carbocycles. The molecule has 5 N–H and O–H groups in total. The van der Waals surface area contributed by atoms with E-state index in [-0.39, 0.29) is 11.4 Å². The summed E-state index contributed by atoms with van der Waals surface area (Å²) in [6.07, 6.45) is 0. The molecule has 1 aromatic rings. The Morgan fingerprint density at radius 3 is 2.69 bits per heavy atom. The molecule has 1 rings (SSSR count). The molecule has 0 heterocycles. The summed E-state index contributed by atoms with van der Waals surface area (Å²) in [4.78, 5) is 0. The SMILES string of the molecule is Cc1ccc(N)c(O)c1[C@H](N)C#N. The van der Waals surface area contributed by atoms with E-state index in [1.54, 1.807) is 19.1 Å². The van der Waals surface area contributed by atoms with Crippen molar-refractivity contribution < 1.29 is 5.11 Å². The van der Waals surface area contributed by atoms with E-state index in [1.165, 1.54) is 0 Å². The highest BCUT2D eigenvalue weighted by Gasteiger charge is 2.14. The molecule has 0 saturated heterocycles. The Bertz CT molecular complexity index is 368. The minimum Gasteiger partial charge on any atom is -0.505 e. The molecule has 4 heteroatoms. The Balaban J connectivity index is 3.35. The number of hydrogen-bond donors (Lipinski definition) is 3. The van der Waals surface area contributed by atoms with Gasteiger partial charge in [0.25, 0.3) is 0 Å². The van der Waals surface area contributed by atoms with E-state index < -0.39 is 6.04 Å². The Morgan fingerprint density at radius 2 is 2.15 bits per heavy atom. The predicted molar refractivity (Wildman–Crippen MR) is 49.8 cm³/mol. The maximum absolute atomic E-state index is 9.52. The van der Waals surface area contributed by atoms with E-state index in [2.05, 4.69) is 0 Å². The molecule has 0 amide bonds. The van der Waals surface area contributed by atoms with Gasteiger partial charge in [0.1, 0.15) is 11.8 Å². The second-order valence-electron chi connectivity index (χ2n) is 2.84. The molecule has 0 unspecified atom stereocenters. The number of nitrogens with zero attached hydrogens (tertiary/aromatic N) is 1. The average Bonchev–Trinajstić information content (AvgIpc) is 2.12. The van der Waals surface area contributed by atoms with Gasteiger partial charge in [0.05, 0.1) is 11.8 Å². The fraction of sp³-hybridized carbons (Fsp3) is 0.222. The topological polar surface area (TPSA) is 96.1 Å². The summed E-state index contributed by atoms with van der Waals surface area (Å²) >= 11 is 0. The van der Waals surface area contributed by atoms with Crippen LogP contribution in [0.2, 0.25) is 0 Å². The molecule has 0 aliphatic rings. The number of benzene rings is 1. The van der Waals surface area contributed by atoms with Crippen LogP contribution in [0.25, 0.3) is 0 Å². The van der Waals surface area contributed by atoms with Crippen molar-refractivity contribution in [2.75, 3.05) is 5.73 Å². The number of nitriles is 1. The lowest BCUT2D eigenvalue weighted by Gasteiger charge is -2.11. The second kappa shape index (κ2) is 3.33. The van der Waals surface area contributed by atoms with Gasteiger partial charge in [0.15, 0.2) is 0 Å². The van der Waals surface area contributed by atoms with Crippen LogP contribution in [0, 0.1) is 18.3 Å². The van der Waals surface area contributed by atoms with Gasteiger partial charge in [-0.3, -0.25) is 0 Å². The zero-order chi connectivity index (χ0) is 10.0. The van der Waals surface area contributed by atoms with E-state index in [0.717, 1.165) is 5.56 Å². The van der Waals surface area contributed by atoms with E-state index in [9.17, 15) is 5.11 Å². The molecular formula is C9H11N3O. The zero-order valence-corrected chi connectivity index (χ0v) is 7.28. The summed E-state index contributed by atoms with van der Waals surface area (Å²) in [7, 11) is 0. The molecular weight excluding hydrogens is 166 g/mol. The molecule has 0 aromatic heterocycles. The highest BCUT2D eigenvalue weighted by molar-refractivity contribution is 5.60. The van der Waals surface area contributed by atoms with E-state index in [1.807, 2.05) is 6.07 Å². The largest absolute Gasteiger partial charge is 0.505 e. The van der Waals surface area contributed by atoms with Crippen molar-refractivity contribution >= 4 is 5.69 Å². The first kappa shape index (κ1) is 9.36. The second-order valence-corrected chi connectivity index (χ2v) is 2.84. The predicted octanol–water partition coefficient (Wildman–Crippen LogP) is 0.806. The average molecular weight is 177 g/mol. The van der Waals surface area contributed by atoms with Gasteiger partial charge in [0.2, 0.25) is 0 Å². The molecule has 0 aliphatic carbocycles. The third kappa shape index (κ3) is 1.55. The van der Waals surface area contributed by atoms with E-state index in [4.69, 9.17) is 16.7 Å². The molecule has 13 heavy (non-hydrogen) atoms. The first-order valence-corrected chi connectivity index (χ1v) is 3.81. The summed E-state index contributed by atoms with van der Waals surface area (Å²) in [5, 5.41) is 18.1. The first-order valence-electron chi connectivity index (χ1n) is 3.81. The fourth-order valence-corrected chi connectivity index (χ4v) is 1.18. The van der Waals surface area contributed by atoms with E-state index in [0.29, 0.717) is 5.56 Å². The van der Waals surface area contributed by atoms with Gasteiger partial charge < -0.3 is 16.6 Å². The quantitative estimate of drug-likeness (QED) is 0.436. The highest BCUT2D eigenvalue weighted by atomic mass is 16.3. The van der Waals surface area contributed by atoms with Gasteiger partial charge in [-0.15, -0.1) is 0 Å². The van der Waals surface area contributed by atoms with Crippen LogP contribution in [0.5, 0.6) is 5.75 Å². The minimum absolute atomic E-state index is 0.0888. The number of hydrogen-bond acceptors (Lipinski definition) is 4. The first-order chi connectivity index (χ1) is 6.07. The molecule has 1 atom stereocenters. The van der Waals surface area contributed by atoms with E-state index >= 15 is 0 Å². The normalized spacial score (nSPS) is 12.1. The Kier molecular flexibility index (Phi) is 2.40. The van der Waals surface area contributed by atoms with Crippen molar-refractivity contribution in [1.82, 2.24) is 0 Å². The summed E-state index contributed by atoms with van der Waals surface area (Å²) < 4.78 is 0. The van der Waals surface area contributed by atoms with Gasteiger partial charge in [-0.2, -0.15) is 5.26 Å². The van der Waals surface area contributed by atoms with Crippen LogP contribution in [0.15, 0.2) is 12.1 Å². The molecule has 0 fully saturated rings. The van der Waals surface area contributed by atoms with Crippen molar-refractivity contribution in [3.8, 4) is 11.8 Å². The molecule has 4 nitrogen and oxygen atoms in total. The van der Waals surface area contributed by atoms with Gasteiger partial charge in [-0.25, -0.2) is 0 Å². The number of phenols is 1. The maximum Gasteiger partial charge on any atom is 0.144 e. The number of phenolic OH excluding ortho intramolecular Hbond substituents is 1. The summed E-state index contributed by atoms with van der Waals surface area (Å²) in [5.41, 5.74) is 12.4. The summed E-state index contributed by atoms with van der Waals surface area (Å²) in [5.74, 6) is -0.0888. The standard InChI is InChI=1S/C9H11N3O/c1-5-2-3-6(11)9(13)8(5)7(12)4-10/h2-3,7,13H,11-12H2,1H3/t7-/m1/s1. The molecule has 0 radical (unpaired) electrons. The number of nitrogen functional groups attached to an aromatic ring is 1. The van der Waals surface area contributed by atoms with Gasteiger partial charge in [0, 0.05) is 5.56 Å². The van der Waals surface area contributed by atoms with Gasteiger partial charge in [-0.1, -0.05) is 6.07 Å². The van der Waals surface area contributed by atoms with Gasteiger partial charge >= 0.3 is 0 Å². The summed E-state index contributed by atoms with van der Waals surface area (Å²) in [6.45, 7) is 1.77. The van der Waals surface area contributed by atoms with Crippen LogP contribution in [0.3, 0.4) is 0 Å². The van der Waals surface area contributed by atoms with Crippen molar-refractivity contribution in [3.05, 3.63) is 23.3 Å². The molecule has 68 valence electrons. The molecule has 0 spiro atoms. The molecule has 0 aliphatic heterocycles. The number of aromatic hydroxyl groups is 1. The fourth-order valence-electron chi connectivity index (χ4n) is 1.18. The molecule has 0 saturated carbocycles. The Morgan fingerprint density at radius 1 is 1.54 bits per heavy atom. The smallest absolute Gasteiger partial charge is 0.144 e. The number of aryl methyl sites for hydroxylation is 1. The zero-order valence-electron chi connectivity index (χ0n) is 7.28. The van der Waals surface area contributed by atoms with Crippen LogP contribution >= 0.6 is 0 Å². The minimum atomic E-state index is -0.830. The summed E-state index contributed by atoms with van der Waals surface area (Å²) in [6, 6.07) is 4.33. The van der Waals surface area contributed by atoms with Crippen molar-refractivity contribution in [2.45, 2.75) is 13.0 Å². The number of rotatable bonds is 1. The third-order valence-corrected chi connectivity index (χ3v) is 1.92. The molecule has 0 bridgehead atoms. The lowest BCUT2D eigenvalue weighted by Crippen LogP contribution is -2.10. The van der Waals surface area contributed by atoms with Crippen molar-refractivity contribution in [3.63, 3.8) is 0 Å². The number of anilines is 1. The Labute approximate surface area is 76.4 Å². The number of nitrogens with two attached hydrogens (primary N) is 2. The van der Waals surface area contributed by atoms with Crippen LogP contribution in [0.4, 0.5) is 5.69 Å². The Hall–Kier alpha value is -1.73. The van der Waals surface area contributed by atoms with Crippen LogP contribution in [-0.2, 0) is 0 Å². The highest BCUT2D eigenvalue weighted by Crippen LogP contribution is 2.31. The third-order valence-electron chi connectivity index (χ3n) is 1.92. The maximum atomic E-state index is 9.52. The van der Waals surface area contributed by atoms with Crippen LogP contribution < -0.4 is 11.5 Å². The monoisotopic (exact) mass is 177 g/mol. The van der Waals surface area contributed by atoms with Crippen LogP contribution in [-0.4, -0.2) is 5.11 Å².